The van der Waals surface area contributed by atoms with Gasteiger partial charge in [0.2, 0.25) is 11.6 Å². The van der Waals surface area contributed by atoms with Crippen molar-refractivity contribution < 1.29 is 49.1 Å². The first-order valence-corrected chi connectivity index (χ1v) is 18.8. The van der Waals surface area contributed by atoms with Crippen molar-refractivity contribution in [3.8, 4) is 17.2 Å². The number of ether oxygens (including phenoxy) is 2. The number of phenols is 2. The van der Waals surface area contributed by atoms with Crippen molar-refractivity contribution in [2.75, 3.05) is 63.1 Å². The molecule has 1 aliphatic rings. The van der Waals surface area contributed by atoms with E-state index in [9.17, 15) is 29.4 Å². The number of aliphatic hydroxyl groups is 2. The van der Waals surface area contributed by atoms with Crippen LogP contribution in [0.1, 0.15) is 75.5 Å². The third kappa shape index (κ3) is 13.3. The normalized spacial score (nSPS) is 11.5. The van der Waals surface area contributed by atoms with Gasteiger partial charge in [0.1, 0.15) is 17.2 Å². The Kier molecular flexibility index (Phi) is 20.1. The molecular weight excluding hydrogens is 827 g/mol. The molecule has 0 atom stereocenters. The van der Waals surface area contributed by atoms with E-state index in [1.807, 2.05) is 0 Å². The zero-order valence-corrected chi connectivity index (χ0v) is 35.5. The van der Waals surface area contributed by atoms with Crippen LogP contribution in [0.25, 0.3) is 0 Å². The number of carbonyl (C=O) groups is 4. The molecule has 1 aliphatic carbocycles. The molecule has 0 bridgehead atoms. The van der Waals surface area contributed by atoms with Crippen LogP contribution in [0.4, 0.5) is 11.4 Å². The van der Waals surface area contributed by atoms with E-state index in [2.05, 4.69) is 21.3 Å². The largest absolute Gasteiger partial charge is 0.507 e. The average molecular weight is 878 g/mol. The molecule has 0 radical (unpaired) electrons. The summed E-state index contributed by atoms with van der Waals surface area (Å²) in [5.41, 5.74) is 0.639. The van der Waals surface area contributed by atoms with Gasteiger partial charge in [-0.1, -0.05) is 11.6 Å². The summed E-state index contributed by atoms with van der Waals surface area (Å²) in [5, 5.41) is 51.1. The first kappa shape index (κ1) is 50.2. The van der Waals surface area contributed by atoms with Crippen LogP contribution in [-0.2, 0) is 9.53 Å². The molecule has 0 saturated heterocycles. The number of hydrogen-bond acceptors (Lipinski definition) is 14. The van der Waals surface area contributed by atoms with E-state index in [1.165, 1.54) is 12.1 Å². The number of fused-ring (bicyclic) bond motifs is 2. The van der Waals surface area contributed by atoms with Gasteiger partial charge in [-0.05, 0) is 100 Å². The Morgan fingerprint density at radius 2 is 1.07 bits per heavy atom. The molecule has 0 saturated carbocycles. The van der Waals surface area contributed by atoms with Gasteiger partial charge in [0.15, 0.2) is 11.4 Å². The van der Waals surface area contributed by atoms with Crippen LogP contribution < -0.4 is 26.0 Å². The lowest BCUT2D eigenvalue weighted by molar-refractivity contribution is -0.163. The maximum Gasteiger partial charge on any atom is 0.350 e. The van der Waals surface area contributed by atoms with Gasteiger partial charge in [-0.2, -0.15) is 0 Å². The van der Waals surface area contributed by atoms with E-state index in [-0.39, 0.29) is 83.7 Å². The number of carbonyl (C=O) groups excluding carboxylic acids is 4. The minimum atomic E-state index is -1.12. The van der Waals surface area contributed by atoms with Crippen LogP contribution >= 0.6 is 36.4 Å². The smallest absolute Gasteiger partial charge is 0.350 e. The molecule has 5 rings (SSSR count). The number of phenolic OH excluding ortho intramolecular Hbond substituents is 2. The number of halogens is 3. The predicted octanol–water partition coefficient (Wildman–Crippen LogP) is 5.38. The van der Waals surface area contributed by atoms with Crippen molar-refractivity contribution in [3.63, 3.8) is 0 Å². The lowest BCUT2D eigenvalue weighted by Gasteiger charge is -2.25. The van der Waals surface area contributed by atoms with Gasteiger partial charge in [-0.15, -0.1) is 24.8 Å². The van der Waals surface area contributed by atoms with Crippen LogP contribution in [0.15, 0.2) is 72.8 Å². The topological polar surface area (TPSA) is 216 Å². The monoisotopic (exact) mass is 876 g/mol. The number of hydrogen-bond donors (Lipinski definition) is 8. The van der Waals surface area contributed by atoms with Gasteiger partial charge in [0.25, 0.3) is 0 Å². The number of ketones is 3. The van der Waals surface area contributed by atoms with Gasteiger partial charge < -0.3 is 51.2 Å². The van der Waals surface area contributed by atoms with Gasteiger partial charge in [-0.25, -0.2) is 4.79 Å². The molecule has 17 heteroatoms. The number of rotatable bonds is 18. The number of nitrogens with one attached hydrogen (secondary N) is 4. The molecule has 0 spiro atoms. The summed E-state index contributed by atoms with van der Waals surface area (Å²) in [6, 6.07) is 19.1. The molecule has 59 heavy (non-hydrogen) atoms. The molecule has 320 valence electrons. The SMILES string of the molecule is CC(C)OC(=O)C(C)(C)Oc1ccc(C(=O)c2ccc(Cl)cc2)cc1.Cl.Cl.O=C1c2c(O)ccc(O)c2C(=O)c2c(NCCNCCO)ccc(NCCNCCO)c21. The summed E-state index contributed by atoms with van der Waals surface area (Å²) in [7, 11) is 0. The van der Waals surface area contributed by atoms with E-state index >= 15 is 0 Å². The molecule has 4 aromatic carbocycles. The Hall–Kier alpha value is -4.93. The molecule has 0 unspecified atom stereocenters. The molecular formula is C42H51Cl3N4O10. The van der Waals surface area contributed by atoms with E-state index in [0.717, 1.165) is 0 Å². The summed E-state index contributed by atoms with van der Waals surface area (Å²) in [5.74, 6) is -1.93. The quantitative estimate of drug-likeness (QED) is 0.0240. The van der Waals surface area contributed by atoms with Gasteiger partial charge >= 0.3 is 5.97 Å². The standard InChI is InChI=1S/C22H28N4O6.C20H21ClO4.2ClH/c27-11-9-23-5-7-25-13-1-2-14(26-8-6-24-10-12-28)18-17(13)21(31)19-15(29)3-4-16(30)20(19)22(18)32;1-13(2)24-19(23)20(3,4)25-17-11-7-15(8-12-17)18(22)14-5-9-16(21)10-6-14;;/h1-4,23-30H,5-12H2;5-13H,1-4H3;2*1H. The number of benzene rings is 4. The summed E-state index contributed by atoms with van der Waals surface area (Å²) >= 11 is 5.84. The van der Waals surface area contributed by atoms with Crippen LogP contribution in [0.5, 0.6) is 17.2 Å². The number of aliphatic hydroxyl groups excluding tert-OH is 2. The second-order valence-electron chi connectivity index (χ2n) is 13.7. The summed E-state index contributed by atoms with van der Waals surface area (Å²) < 4.78 is 10.9. The Morgan fingerprint density at radius 1 is 0.644 bits per heavy atom. The van der Waals surface area contributed by atoms with E-state index < -0.39 is 23.1 Å². The number of esters is 1. The average Bonchev–Trinajstić information content (AvgIpc) is 3.18. The number of aromatic hydroxyl groups is 2. The third-order valence-electron chi connectivity index (χ3n) is 8.52. The van der Waals surface area contributed by atoms with Crippen LogP contribution in [-0.4, -0.2) is 108 Å². The van der Waals surface area contributed by atoms with Gasteiger partial charge in [0, 0.05) is 66.8 Å². The first-order chi connectivity index (χ1) is 27.2. The van der Waals surface area contributed by atoms with Crippen molar-refractivity contribution in [1.82, 2.24) is 10.6 Å². The molecule has 4 aromatic rings. The molecule has 14 nitrogen and oxygen atoms in total. The molecule has 0 aliphatic heterocycles. The maximum absolute atomic E-state index is 13.4. The fraction of sp³-hybridized carbons (Fsp3) is 0.333. The zero-order chi connectivity index (χ0) is 41.7. The highest BCUT2D eigenvalue weighted by Gasteiger charge is 2.38. The molecule has 0 fully saturated rings. The predicted molar refractivity (Wildman–Crippen MR) is 232 cm³/mol. The summed E-state index contributed by atoms with van der Waals surface area (Å²) in [4.78, 5) is 51.2. The van der Waals surface area contributed by atoms with Gasteiger partial charge in [0.05, 0.1) is 41.6 Å². The highest BCUT2D eigenvalue weighted by Crippen LogP contribution is 2.42. The zero-order valence-electron chi connectivity index (χ0n) is 33.1. The second-order valence-corrected chi connectivity index (χ2v) is 14.1. The Bertz CT molecular complexity index is 1970. The number of anilines is 2. The van der Waals surface area contributed by atoms with E-state index in [0.29, 0.717) is 72.5 Å². The summed E-state index contributed by atoms with van der Waals surface area (Å²) in [6.45, 7) is 9.66. The van der Waals surface area contributed by atoms with Crippen LogP contribution in [0.3, 0.4) is 0 Å². The molecule has 0 amide bonds. The fourth-order valence-electron chi connectivity index (χ4n) is 5.77. The van der Waals surface area contributed by atoms with Crippen molar-refractivity contribution in [3.05, 3.63) is 111 Å². The van der Waals surface area contributed by atoms with Crippen molar-refractivity contribution >= 4 is 71.1 Å². The Labute approximate surface area is 360 Å². The highest BCUT2D eigenvalue weighted by atomic mass is 35.5. The van der Waals surface area contributed by atoms with Crippen molar-refractivity contribution in [1.29, 1.82) is 0 Å². The van der Waals surface area contributed by atoms with Crippen LogP contribution in [0.2, 0.25) is 5.02 Å². The van der Waals surface area contributed by atoms with E-state index in [1.54, 1.807) is 88.4 Å². The minimum absolute atomic E-state index is 0. The Morgan fingerprint density at radius 3 is 1.47 bits per heavy atom. The lowest BCUT2D eigenvalue weighted by Crippen LogP contribution is -2.40. The van der Waals surface area contributed by atoms with Crippen LogP contribution in [0, 0.1) is 0 Å². The highest BCUT2D eigenvalue weighted by molar-refractivity contribution is 6.33. The maximum atomic E-state index is 13.4. The molecule has 0 aromatic heterocycles. The first-order valence-electron chi connectivity index (χ1n) is 18.4. The summed E-state index contributed by atoms with van der Waals surface area (Å²) in [6.07, 6.45) is -0.213. The fourth-order valence-corrected chi connectivity index (χ4v) is 5.90. The van der Waals surface area contributed by atoms with Crippen molar-refractivity contribution in [2.24, 2.45) is 0 Å². The Balaban J connectivity index is 0.000000405. The van der Waals surface area contributed by atoms with Crippen molar-refractivity contribution in [2.45, 2.75) is 39.4 Å². The third-order valence-corrected chi connectivity index (χ3v) is 8.77. The molecule has 8 N–H and O–H groups in total. The minimum Gasteiger partial charge on any atom is -0.507 e. The van der Waals surface area contributed by atoms with E-state index in [4.69, 9.17) is 31.3 Å². The lowest BCUT2D eigenvalue weighted by atomic mass is 9.81. The van der Waals surface area contributed by atoms with Gasteiger partial charge in [-0.3, -0.25) is 14.4 Å². The molecule has 0 heterocycles. The second kappa shape index (κ2) is 23.6.